The number of methoxy groups -OCH3 is 1. The first-order chi connectivity index (χ1) is 13.5. The lowest BCUT2D eigenvalue weighted by atomic mass is 9.49. The summed E-state index contributed by atoms with van der Waals surface area (Å²) in [6, 6.07) is 5.33. The monoisotopic (exact) mass is 403 g/mol. The molecule has 0 atom stereocenters. The quantitative estimate of drug-likeness (QED) is 0.552. The van der Waals surface area contributed by atoms with Crippen LogP contribution in [0.15, 0.2) is 23.1 Å². The lowest BCUT2D eigenvalue weighted by molar-refractivity contribution is -0.126. The second kappa shape index (κ2) is 7.97. The number of carbonyl (C=O) groups excluding carboxylic acids is 2. The van der Waals surface area contributed by atoms with Crippen molar-refractivity contribution in [2.75, 3.05) is 26.5 Å². The Hall–Kier alpha value is -1.69. The molecule has 4 aliphatic rings. The number of hydrogen-bond acceptors (Lipinski definition) is 5. The third kappa shape index (κ3) is 4.02. The Kier molecular flexibility index (Phi) is 5.59. The number of thioether (sulfide) groups is 1. The number of carbonyl (C=O) groups is 2. The second-order valence-electron chi connectivity index (χ2n) is 8.84. The standard InChI is InChI=1S/C22H29NO4S/c1-26-19-8-17(28-2)3-4-18(19)21(25)27-12-20(24)23-13-22-9-14-5-15(10-22)7-16(6-14)11-22/h3-4,8,14-16H,5-7,9-13H2,1-2H3,(H,23,24). The zero-order chi connectivity index (χ0) is 19.7. The minimum absolute atomic E-state index is 0.219. The van der Waals surface area contributed by atoms with Crippen molar-refractivity contribution < 1.29 is 19.1 Å². The zero-order valence-corrected chi connectivity index (χ0v) is 17.5. The number of rotatable bonds is 7. The van der Waals surface area contributed by atoms with Crippen LogP contribution in [0.5, 0.6) is 5.75 Å². The molecule has 0 radical (unpaired) electrons. The highest BCUT2D eigenvalue weighted by atomic mass is 32.2. The summed E-state index contributed by atoms with van der Waals surface area (Å²) in [5.41, 5.74) is 0.625. The third-order valence-corrected chi connectivity index (χ3v) is 7.51. The van der Waals surface area contributed by atoms with E-state index in [1.807, 2.05) is 12.3 Å². The maximum Gasteiger partial charge on any atom is 0.342 e. The molecular formula is C22H29NO4S. The zero-order valence-electron chi connectivity index (χ0n) is 16.7. The van der Waals surface area contributed by atoms with E-state index in [4.69, 9.17) is 9.47 Å². The first kappa shape index (κ1) is 19.6. The van der Waals surface area contributed by atoms with E-state index in [1.165, 1.54) is 45.6 Å². The Balaban J connectivity index is 1.29. The van der Waals surface area contributed by atoms with Gasteiger partial charge in [-0.25, -0.2) is 4.79 Å². The molecule has 4 fully saturated rings. The molecule has 28 heavy (non-hydrogen) atoms. The van der Waals surface area contributed by atoms with Crippen LogP contribution >= 0.6 is 11.8 Å². The SMILES string of the molecule is COc1cc(SC)ccc1C(=O)OCC(=O)NCC12CC3CC(CC(C3)C1)C2. The molecule has 1 amide bonds. The summed E-state index contributed by atoms with van der Waals surface area (Å²) in [4.78, 5) is 25.7. The van der Waals surface area contributed by atoms with Gasteiger partial charge in [-0.05, 0) is 86.1 Å². The van der Waals surface area contributed by atoms with Crippen molar-refractivity contribution in [3.63, 3.8) is 0 Å². The summed E-state index contributed by atoms with van der Waals surface area (Å²) in [5.74, 6) is 2.29. The van der Waals surface area contributed by atoms with Crippen molar-refractivity contribution in [3.8, 4) is 5.75 Å². The largest absolute Gasteiger partial charge is 0.496 e. The number of amides is 1. The molecule has 6 heteroatoms. The fraction of sp³-hybridized carbons (Fsp3) is 0.636. The van der Waals surface area contributed by atoms with Gasteiger partial charge in [0, 0.05) is 11.4 Å². The highest BCUT2D eigenvalue weighted by Gasteiger charge is 2.50. The topological polar surface area (TPSA) is 64.6 Å². The molecular weight excluding hydrogens is 374 g/mol. The summed E-state index contributed by atoms with van der Waals surface area (Å²) in [6.07, 6.45) is 9.88. The molecule has 5 nitrogen and oxygen atoms in total. The van der Waals surface area contributed by atoms with Gasteiger partial charge < -0.3 is 14.8 Å². The number of benzene rings is 1. The summed E-state index contributed by atoms with van der Waals surface area (Å²) in [6.45, 7) is 0.470. The van der Waals surface area contributed by atoms with Crippen LogP contribution in [-0.4, -0.2) is 38.4 Å². The van der Waals surface area contributed by atoms with E-state index < -0.39 is 5.97 Å². The molecule has 5 rings (SSSR count). The molecule has 0 aromatic heterocycles. The van der Waals surface area contributed by atoms with E-state index in [-0.39, 0.29) is 17.9 Å². The van der Waals surface area contributed by atoms with Gasteiger partial charge in [0.2, 0.25) is 0 Å². The lowest BCUT2D eigenvalue weighted by Gasteiger charge is -2.56. The average Bonchev–Trinajstić information content (AvgIpc) is 2.69. The van der Waals surface area contributed by atoms with Crippen molar-refractivity contribution in [1.82, 2.24) is 5.32 Å². The van der Waals surface area contributed by atoms with Crippen molar-refractivity contribution in [1.29, 1.82) is 0 Å². The van der Waals surface area contributed by atoms with E-state index in [9.17, 15) is 9.59 Å². The fourth-order valence-electron chi connectivity index (χ4n) is 6.02. The van der Waals surface area contributed by atoms with Gasteiger partial charge in [-0.1, -0.05) is 0 Å². The van der Waals surface area contributed by atoms with E-state index in [0.29, 0.717) is 11.3 Å². The van der Waals surface area contributed by atoms with Crippen molar-refractivity contribution in [2.24, 2.45) is 23.2 Å². The molecule has 1 aromatic carbocycles. The first-order valence-electron chi connectivity index (χ1n) is 10.2. The van der Waals surface area contributed by atoms with E-state index in [1.54, 1.807) is 23.9 Å². The first-order valence-corrected chi connectivity index (χ1v) is 11.4. The highest BCUT2D eigenvalue weighted by Crippen LogP contribution is 2.59. The van der Waals surface area contributed by atoms with Crippen LogP contribution in [0.2, 0.25) is 0 Å². The number of hydrogen-bond donors (Lipinski definition) is 1. The van der Waals surface area contributed by atoms with Gasteiger partial charge in [-0.3, -0.25) is 4.79 Å². The van der Waals surface area contributed by atoms with Gasteiger partial charge in [-0.2, -0.15) is 0 Å². The summed E-state index contributed by atoms with van der Waals surface area (Å²) in [5, 5.41) is 3.04. The van der Waals surface area contributed by atoms with E-state index in [2.05, 4.69) is 5.32 Å². The molecule has 0 aliphatic heterocycles. The van der Waals surface area contributed by atoms with Gasteiger partial charge in [0.1, 0.15) is 11.3 Å². The van der Waals surface area contributed by atoms with Crippen LogP contribution < -0.4 is 10.1 Å². The molecule has 0 heterocycles. The smallest absolute Gasteiger partial charge is 0.342 e. The highest BCUT2D eigenvalue weighted by molar-refractivity contribution is 7.98. The molecule has 4 bridgehead atoms. The van der Waals surface area contributed by atoms with Crippen LogP contribution in [-0.2, 0) is 9.53 Å². The maximum absolute atomic E-state index is 12.4. The molecule has 4 aliphatic carbocycles. The molecule has 0 spiro atoms. The Bertz CT molecular complexity index is 728. The lowest BCUT2D eigenvalue weighted by Crippen LogP contribution is -2.51. The van der Waals surface area contributed by atoms with Gasteiger partial charge in [0.25, 0.3) is 5.91 Å². The third-order valence-electron chi connectivity index (χ3n) is 6.79. The van der Waals surface area contributed by atoms with Crippen LogP contribution in [0.1, 0.15) is 48.9 Å². The second-order valence-corrected chi connectivity index (χ2v) is 9.72. The van der Waals surface area contributed by atoms with Gasteiger partial charge in [-0.15, -0.1) is 11.8 Å². The van der Waals surface area contributed by atoms with E-state index in [0.717, 1.165) is 29.2 Å². The minimum atomic E-state index is -0.533. The number of ether oxygens (including phenoxy) is 2. The van der Waals surface area contributed by atoms with Crippen LogP contribution in [0.3, 0.4) is 0 Å². The minimum Gasteiger partial charge on any atom is -0.496 e. The van der Waals surface area contributed by atoms with Crippen LogP contribution in [0.25, 0.3) is 0 Å². The summed E-state index contributed by atoms with van der Waals surface area (Å²) >= 11 is 1.57. The number of esters is 1. The van der Waals surface area contributed by atoms with Gasteiger partial charge in [0.15, 0.2) is 6.61 Å². The van der Waals surface area contributed by atoms with Crippen LogP contribution in [0.4, 0.5) is 0 Å². The molecule has 1 aromatic rings. The molecule has 1 N–H and O–H groups in total. The summed E-state index contributed by atoms with van der Waals surface area (Å²) < 4.78 is 10.5. The predicted molar refractivity (Wildman–Crippen MR) is 109 cm³/mol. The molecule has 152 valence electrons. The van der Waals surface area contributed by atoms with E-state index >= 15 is 0 Å². The van der Waals surface area contributed by atoms with Crippen LogP contribution in [0, 0.1) is 23.2 Å². The molecule has 0 unspecified atom stereocenters. The Labute approximate surface area is 170 Å². The Morgan fingerprint density at radius 1 is 1.14 bits per heavy atom. The van der Waals surface area contributed by atoms with Crippen molar-refractivity contribution >= 4 is 23.6 Å². The Morgan fingerprint density at radius 2 is 1.79 bits per heavy atom. The van der Waals surface area contributed by atoms with Gasteiger partial charge in [0.05, 0.1) is 7.11 Å². The molecule has 4 saturated carbocycles. The summed E-state index contributed by atoms with van der Waals surface area (Å²) in [7, 11) is 1.52. The fourth-order valence-corrected chi connectivity index (χ4v) is 6.45. The molecule has 0 saturated heterocycles. The average molecular weight is 404 g/mol. The predicted octanol–water partition coefficient (Wildman–Crippen LogP) is 3.91. The van der Waals surface area contributed by atoms with Crippen molar-refractivity contribution in [2.45, 2.75) is 43.4 Å². The number of nitrogens with one attached hydrogen (secondary N) is 1. The van der Waals surface area contributed by atoms with Gasteiger partial charge >= 0.3 is 5.97 Å². The normalized spacial score (nSPS) is 30.1. The maximum atomic E-state index is 12.4. The Morgan fingerprint density at radius 3 is 2.36 bits per heavy atom. The van der Waals surface area contributed by atoms with Crippen molar-refractivity contribution in [3.05, 3.63) is 23.8 Å².